The van der Waals surface area contributed by atoms with Crippen molar-refractivity contribution in [3.63, 3.8) is 0 Å². The van der Waals surface area contributed by atoms with E-state index >= 15 is 0 Å². The van der Waals surface area contributed by atoms with Gasteiger partial charge in [-0.25, -0.2) is 0 Å². The zero-order chi connectivity index (χ0) is 9.61. The normalized spacial score (nSPS) is 14.8. The second-order valence-corrected chi connectivity index (χ2v) is 4.85. The zero-order valence-corrected chi connectivity index (χ0v) is 9.45. The summed E-state index contributed by atoms with van der Waals surface area (Å²) in [5.74, 6) is 0. The van der Waals surface area contributed by atoms with Crippen LogP contribution in [0.25, 0.3) is 0 Å². The van der Waals surface area contributed by atoms with Gasteiger partial charge in [0.25, 0.3) is 0 Å². The van der Waals surface area contributed by atoms with Gasteiger partial charge in [0.15, 0.2) is 0 Å². The van der Waals surface area contributed by atoms with Crippen molar-refractivity contribution in [1.29, 1.82) is 0 Å². The van der Waals surface area contributed by atoms with Crippen molar-refractivity contribution in [3.8, 4) is 0 Å². The number of hydrogen-bond donors (Lipinski definition) is 0. The first-order chi connectivity index (χ1) is 5.48. The molecule has 12 heavy (non-hydrogen) atoms. The molecular weight excluding hydrogens is 172 g/mol. The maximum Gasteiger partial charge on any atom is 0.0462 e. The first kappa shape index (κ1) is 12.2. The highest BCUT2D eigenvalue weighted by Gasteiger charge is 2.21. The summed E-state index contributed by atoms with van der Waals surface area (Å²) in [4.78, 5) is 0. The Labute approximate surface area is 81.4 Å². The van der Waals surface area contributed by atoms with Crippen LogP contribution in [0.15, 0.2) is 0 Å². The molecule has 0 radical (unpaired) electrons. The molecular formula is C10H21ClO. The fourth-order valence-corrected chi connectivity index (χ4v) is 1.16. The summed E-state index contributed by atoms with van der Waals surface area (Å²) in [6.45, 7) is 7.40. The number of unbranched alkanes of at least 4 members (excludes halogenated alkanes) is 1. The summed E-state index contributed by atoms with van der Waals surface area (Å²) in [5, 5.41) is 0.286. The van der Waals surface area contributed by atoms with Crippen molar-refractivity contribution < 1.29 is 4.74 Å². The first-order valence-electron chi connectivity index (χ1n) is 4.61. The van der Waals surface area contributed by atoms with E-state index in [2.05, 4.69) is 20.8 Å². The molecule has 1 unspecified atom stereocenters. The van der Waals surface area contributed by atoms with E-state index in [0.717, 1.165) is 19.4 Å². The Morgan fingerprint density at radius 2 is 1.83 bits per heavy atom. The molecule has 1 nitrogen and oxygen atoms in total. The Balaban J connectivity index is 3.38. The van der Waals surface area contributed by atoms with Crippen LogP contribution in [0.2, 0.25) is 0 Å². The molecule has 2 heteroatoms. The van der Waals surface area contributed by atoms with Gasteiger partial charge in [0.05, 0.1) is 0 Å². The van der Waals surface area contributed by atoms with E-state index in [9.17, 15) is 0 Å². The number of ether oxygens (including phenoxy) is 1. The third-order valence-electron chi connectivity index (χ3n) is 2.00. The van der Waals surface area contributed by atoms with Gasteiger partial charge in [-0.05, 0) is 24.7 Å². The van der Waals surface area contributed by atoms with Crippen LogP contribution in [0.5, 0.6) is 0 Å². The monoisotopic (exact) mass is 192 g/mol. The van der Waals surface area contributed by atoms with Crippen LogP contribution in [0.4, 0.5) is 0 Å². The minimum Gasteiger partial charge on any atom is -0.385 e. The quantitative estimate of drug-likeness (QED) is 0.479. The average molecular weight is 193 g/mol. The van der Waals surface area contributed by atoms with E-state index in [1.807, 2.05) is 0 Å². The van der Waals surface area contributed by atoms with Crippen molar-refractivity contribution >= 4 is 11.6 Å². The Bertz CT molecular complexity index is 107. The van der Waals surface area contributed by atoms with Crippen LogP contribution in [-0.2, 0) is 4.74 Å². The predicted molar refractivity (Wildman–Crippen MR) is 54.8 cm³/mol. The van der Waals surface area contributed by atoms with Gasteiger partial charge >= 0.3 is 0 Å². The van der Waals surface area contributed by atoms with Crippen molar-refractivity contribution in [3.05, 3.63) is 0 Å². The molecule has 0 rings (SSSR count). The highest BCUT2D eigenvalue weighted by atomic mass is 35.5. The molecule has 0 aliphatic carbocycles. The van der Waals surface area contributed by atoms with Gasteiger partial charge in [-0.2, -0.15) is 0 Å². The molecule has 0 saturated carbocycles. The molecule has 0 heterocycles. The summed E-state index contributed by atoms with van der Waals surface area (Å²) in [7, 11) is 1.74. The maximum atomic E-state index is 6.20. The van der Waals surface area contributed by atoms with Crippen molar-refractivity contribution in [1.82, 2.24) is 0 Å². The lowest BCUT2D eigenvalue weighted by atomic mass is 9.89. The molecule has 0 fully saturated rings. The molecule has 0 aliphatic rings. The van der Waals surface area contributed by atoms with Crippen LogP contribution in [0.3, 0.4) is 0 Å². The number of rotatable bonds is 5. The fourth-order valence-electron chi connectivity index (χ4n) is 1.00. The number of alkyl halides is 1. The van der Waals surface area contributed by atoms with E-state index in [1.54, 1.807) is 7.11 Å². The van der Waals surface area contributed by atoms with Crippen LogP contribution in [0, 0.1) is 5.41 Å². The van der Waals surface area contributed by atoms with E-state index < -0.39 is 0 Å². The molecule has 0 aromatic carbocycles. The number of halogens is 1. The van der Waals surface area contributed by atoms with E-state index in [-0.39, 0.29) is 10.8 Å². The average Bonchev–Trinajstić information content (AvgIpc) is 1.96. The largest absolute Gasteiger partial charge is 0.385 e. The summed E-state index contributed by atoms with van der Waals surface area (Å²) < 4.78 is 4.97. The van der Waals surface area contributed by atoms with E-state index in [1.165, 1.54) is 6.42 Å². The lowest BCUT2D eigenvalue weighted by Crippen LogP contribution is -2.20. The maximum absolute atomic E-state index is 6.20. The van der Waals surface area contributed by atoms with Crippen LogP contribution in [0.1, 0.15) is 40.0 Å². The molecule has 0 amide bonds. The first-order valence-corrected chi connectivity index (χ1v) is 5.05. The van der Waals surface area contributed by atoms with Crippen LogP contribution < -0.4 is 0 Å². The van der Waals surface area contributed by atoms with Gasteiger partial charge in [0.1, 0.15) is 0 Å². The number of hydrogen-bond acceptors (Lipinski definition) is 1. The van der Waals surface area contributed by atoms with Gasteiger partial charge in [0, 0.05) is 19.1 Å². The topological polar surface area (TPSA) is 9.23 Å². The lowest BCUT2D eigenvalue weighted by molar-refractivity contribution is 0.190. The zero-order valence-electron chi connectivity index (χ0n) is 8.69. The third-order valence-corrected chi connectivity index (χ3v) is 2.87. The van der Waals surface area contributed by atoms with E-state index in [0.29, 0.717) is 0 Å². The van der Waals surface area contributed by atoms with Crippen molar-refractivity contribution in [2.45, 2.75) is 45.4 Å². The molecule has 0 aliphatic heterocycles. The van der Waals surface area contributed by atoms with Crippen molar-refractivity contribution in [2.24, 2.45) is 5.41 Å². The molecule has 0 spiro atoms. The summed E-state index contributed by atoms with van der Waals surface area (Å²) >= 11 is 6.20. The predicted octanol–water partition coefficient (Wildman–Crippen LogP) is 3.46. The molecule has 0 aromatic heterocycles. The molecule has 74 valence electrons. The van der Waals surface area contributed by atoms with Gasteiger partial charge in [-0.1, -0.05) is 20.8 Å². The Kier molecular flexibility index (Phi) is 5.94. The molecule has 0 saturated heterocycles. The second kappa shape index (κ2) is 5.82. The van der Waals surface area contributed by atoms with Gasteiger partial charge in [0.2, 0.25) is 0 Å². The van der Waals surface area contributed by atoms with Gasteiger partial charge in [-0.15, -0.1) is 11.6 Å². The smallest absolute Gasteiger partial charge is 0.0462 e. The number of methoxy groups -OCH3 is 1. The molecule has 1 atom stereocenters. The molecule has 0 N–H and O–H groups in total. The fraction of sp³-hybridized carbons (Fsp3) is 1.00. The SMILES string of the molecule is COCCCCC(Cl)C(C)(C)C. The van der Waals surface area contributed by atoms with Crippen LogP contribution >= 0.6 is 11.6 Å². The highest BCUT2D eigenvalue weighted by Crippen LogP contribution is 2.28. The Morgan fingerprint density at radius 1 is 1.25 bits per heavy atom. The third kappa shape index (κ3) is 5.84. The minimum absolute atomic E-state index is 0.231. The Morgan fingerprint density at radius 3 is 2.25 bits per heavy atom. The minimum atomic E-state index is 0.231. The summed E-state index contributed by atoms with van der Waals surface area (Å²) in [5.41, 5.74) is 0.231. The summed E-state index contributed by atoms with van der Waals surface area (Å²) in [6.07, 6.45) is 3.38. The van der Waals surface area contributed by atoms with Crippen molar-refractivity contribution in [2.75, 3.05) is 13.7 Å². The van der Waals surface area contributed by atoms with E-state index in [4.69, 9.17) is 16.3 Å². The standard InChI is InChI=1S/C10H21ClO/c1-10(2,3)9(11)7-5-6-8-12-4/h9H,5-8H2,1-4H3. The summed E-state index contributed by atoms with van der Waals surface area (Å²) in [6, 6.07) is 0. The Hall–Kier alpha value is 0.250. The second-order valence-electron chi connectivity index (χ2n) is 4.32. The van der Waals surface area contributed by atoms with Gasteiger partial charge in [-0.3, -0.25) is 0 Å². The molecule has 0 aromatic rings. The van der Waals surface area contributed by atoms with Gasteiger partial charge < -0.3 is 4.74 Å². The highest BCUT2D eigenvalue weighted by molar-refractivity contribution is 6.21. The molecule has 0 bridgehead atoms. The lowest BCUT2D eigenvalue weighted by Gasteiger charge is -2.24. The van der Waals surface area contributed by atoms with Crippen LogP contribution in [-0.4, -0.2) is 19.1 Å².